The molecule has 2 fully saturated rings. The van der Waals surface area contributed by atoms with Gasteiger partial charge in [0.05, 0.1) is 0 Å². The third-order valence-electron chi connectivity index (χ3n) is 4.51. The van der Waals surface area contributed by atoms with E-state index in [2.05, 4.69) is 14.8 Å². The monoisotopic (exact) mass is 272 g/mol. The summed E-state index contributed by atoms with van der Waals surface area (Å²) in [6.07, 6.45) is 3.99. The molecule has 0 spiro atoms. The maximum atomic E-state index is 5.88. The summed E-state index contributed by atoms with van der Waals surface area (Å²) < 4.78 is 5.88. The molecular formula is C15H20N4O. The number of aromatic nitrogens is 1. The fourth-order valence-corrected chi connectivity index (χ4v) is 3.39. The minimum absolute atomic E-state index is 0.664. The molecule has 0 bridgehead atoms. The van der Waals surface area contributed by atoms with Gasteiger partial charge in [-0.1, -0.05) is 6.42 Å². The highest BCUT2D eigenvalue weighted by Gasteiger charge is 2.30. The highest BCUT2D eigenvalue weighted by molar-refractivity contribution is 5.78. The second kappa shape index (κ2) is 4.66. The molecule has 0 radical (unpaired) electrons. The molecule has 1 unspecified atom stereocenters. The molecule has 1 atom stereocenters. The average Bonchev–Trinajstić information content (AvgIpc) is 2.89. The first kappa shape index (κ1) is 12.0. The largest absolute Gasteiger partial charge is 0.423 e. The van der Waals surface area contributed by atoms with E-state index >= 15 is 0 Å². The van der Waals surface area contributed by atoms with E-state index < -0.39 is 0 Å². The van der Waals surface area contributed by atoms with E-state index in [0.717, 1.165) is 42.4 Å². The lowest BCUT2D eigenvalue weighted by molar-refractivity contribution is 0.131. The number of hydrogen-bond donors (Lipinski definition) is 1. The molecule has 2 aliphatic heterocycles. The third-order valence-corrected chi connectivity index (χ3v) is 4.51. The molecule has 0 aliphatic carbocycles. The van der Waals surface area contributed by atoms with Gasteiger partial charge < -0.3 is 15.1 Å². The minimum Gasteiger partial charge on any atom is -0.423 e. The van der Waals surface area contributed by atoms with Crippen LogP contribution in [-0.2, 0) is 0 Å². The van der Waals surface area contributed by atoms with Crippen molar-refractivity contribution in [3.05, 3.63) is 18.2 Å². The second-order valence-corrected chi connectivity index (χ2v) is 5.86. The molecule has 106 valence electrons. The first-order valence-corrected chi connectivity index (χ1v) is 7.45. The Morgan fingerprint density at radius 1 is 1.20 bits per heavy atom. The number of benzene rings is 1. The lowest BCUT2D eigenvalue weighted by Crippen LogP contribution is -2.55. The van der Waals surface area contributed by atoms with Crippen molar-refractivity contribution in [2.75, 3.05) is 36.8 Å². The number of rotatable bonds is 1. The number of piperidine rings is 1. The Morgan fingerprint density at radius 2 is 2.15 bits per heavy atom. The Bertz CT molecular complexity index is 623. The summed E-state index contributed by atoms with van der Waals surface area (Å²) in [6, 6.07) is 7.05. The zero-order chi connectivity index (χ0) is 13.5. The first-order chi connectivity index (χ1) is 9.79. The molecule has 0 amide bonds. The van der Waals surface area contributed by atoms with Crippen molar-refractivity contribution in [3.63, 3.8) is 0 Å². The number of nitrogens with zero attached hydrogens (tertiary/aromatic N) is 3. The maximum absolute atomic E-state index is 5.88. The van der Waals surface area contributed by atoms with E-state index in [1.165, 1.54) is 25.8 Å². The SMILES string of the molecule is Nc1ccc2nc(N3CCN4CCCCC4C3)oc2c1. The summed E-state index contributed by atoms with van der Waals surface area (Å²) in [5.74, 6) is 0. The summed E-state index contributed by atoms with van der Waals surface area (Å²) in [6.45, 7) is 4.40. The van der Waals surface area contributed by atoms with Crippen LogP contribution < -0.4 is 10.6 Å². The Hall–Kier alpha value is -1.75. The van der Waals surface area contributed by atoms with E-state index in [4.69, 9.17) is 10.2 Å². The minimum atomic E-state index is 0.664. The van der Waals surface area contributed by atoms with Crippen LogP contribution in [0.1, 0.15) is 19.3 Å². The Kier molecular flexibility index (Phi) is 2.80. The smallest absolute Gasteiger partial charge is 0.298 e. The van der Waals surface area contributed by atoms with Crippen LogP contribution in [0.5, 0.6) is 0 Å². The number of fused-ring (bicyclic) bond motifs is 2. The van der Waals surface area contributed by atoms with Gasteiger partial charge in [-0.3, -0.25) is 4.90 Å². The summed E-state index contributed by atoms with van der Waals surface area (Å²) in [5, 5.41) is 0. The van der Waals surface area contributed by atoms with E-state index in [-0.39, 0.29) is 0 Å². The number of nitrogens with two attached hydrogens (primary N) is 1. The van der Waals surface area contributed by atoms with Crippen LogP contribution in [0.2, 0.25) is 0 Å². The van der Waals surface area contributed by atoms with Gasteiger partial charge in [-0.15, -0.1) is 0 Å². The Morgan fingerprint density at radius 3 is 3.10 bits per heavy atom. The molecule has 2 saturated heterocycles. The number of anilines is 2. The van der Waals surface area contributed by atoms with Gasteiger partial charge in [0.25, 0.3) is 6.01 Å². The van der Waals surface area contributed by atoms with Crippen LogP contribution in [0.3, 0.4) is 0 Å². The quantitative estimate of drug-likeness (QED) is 0.805. The van der Waals surface area contributed by atoms with Gasteiger partial charge in [-0.25, -0.2) is 0 Å². The van der Waals surface area contributed by atoms with Crippen LogP contribution in [0.4, 0.5) is 11.7 Å². The zero-order valence-corrected chi connectivity index (χ0v) is 11.6. The van der Waals surface area contributed by atoms with E-state index in [1.807, 2.05) is 18.2 Å². The molecule has 1 aromatic carbocycles. The average molecular weight is 272 g/mol. The van der Waals surface area contributed by atoms with E-state index in [0.29, 0.717) is 6.04 Å². The summed E-state index contributed by atoms with van der Waals surface area (Å²) >= 11 is 0. The molecule has 5 nitrogen and oxygen atoms in total. The van der Waals surface area contributed by atoms with Crippen molar-refractivity contribution in [3.8, 4) is 0 Å². The predicted molar refractivity (Wildman–Crippen MR) is 79.8 cm³/mol. The lowest BCUT2D eigenvalue weighted by Gasteiger charge is -2.43. The number of nitrogen functional groups attached to an aromatic ring is 1. The fraction of sp³-hybridized carbons (Fsp3) is 0.533. The normalized spacial score (nSPS) is 24.0. The molecule has 5 heteroatoms. The molecule has 20 heavy (non-hydrogen) atoms. The predicted octanol–water partition coefficient (Wildman–Crippen LogP) is 2.08. The van der Waals surface area contributed by atoms with Crippen molar-refractivity contribution >= 4 is 22.8 Å². The highest BCUT2D eigenvalue weighted by Crippen LogP contribution is 2.27. The Labute approximate surface area is 118 Å². The topological polar surface area (TPSA) is 58.5 Å². The fourth-order valence-electron chi connectivity index (χ4n) is 3.39. The van der Waals surface area contributed by atoms with Crippen molar-refractivity contribution in [2.24, 2.45) is 0 Å². The van der Waals surface area contributed by atoms with Crippen LogP contribution in [0.25, 0.3) is 11.1 Å². The number of piperazine rings is 1. The summed E-state index contributed by atoms with van der Waals surface area (Å²) in [5.41, 5.74) is 8.18. The van der Waals surface area contributed by atoms with Crippen LogP contribution in [0.15, 0.2) is 22.6 Å². The molecule has 2 aromatic rings. The molecule has 1 aromatic heterocycles. The van der Waals surface area contributed by atoms with Gasteiger partial charge in [0, 0.05) is 37.4 Å². The van der Waals surface area contributed by atoms with Crippen LogP contribution in [0, 0.1) is 0 Å². The van der Waals surface area contributed by atoms with Gasteiger partial charge in [0.15, 0.2) is 5.58 Å². The van der Waals surface area contributed by atoms with Crippen molar-refractivity contribution in [1.29, 1.82) is 0 Å². The van der Waals surface area contributed by atoms with E-state index in [9.17, 15) is 0 Å². The van der Waals surface area contributed by atoms with Gasteiger partial charge >= 0.3 is 0 Å². The molecule has 2 aliphatic rings. The number of oxazole rings is 1. The highest BCUT2D eigenvalue weighted by atomic mass is 16.4. The number of hydrogen-bond acceptors (Lipinski definition) is 5. The van der Waals surface area contributed by atoms with Gasteiger partial charge in [-0.2, -0.15) is 4.98 Å². The molecule has 2 N–H and O–H groups in total. The molecule has 4 rings (SSSR count). The second-order valence-electron chi connectivity index (χ2n) is 5.86. The van der Waals surface area contributed by atoms with Gasteiger partial charge in [0.2, 0.25) is 0 Å². The lowest BCUT2D eigenvalue weighted by atomic mass is 10.00. The first-order valence-electron chi connectivity index (χ1n) is 7.45. The standard InChI is InChI=1S/C15H20N4O/c16-11-4-5-13-14(9-11)20-15(17-13)19-8-7-18-6-2-1-3-12(18)10-19/h4-5,9,12H,1-3,6-8,10,16H2. The van der Waals surface area contributed by atoms with Crippen molar-refractivity contribution < 1.29 is 4.42 Å². The maximum Gasteiger partial charge on any atom is 0.298 e. The van der Waals surface area contributed by atoms with Gasteiger partial charge in [-0.05, 0) is 31.5 Å². The summed E-state index contributed by atoms with van der Waals surface area (Å²) in [4.78, 5) is 9.49. The molecular weight excluding hydrogens is 252 g/mol. The third kappa shape index (κ3) is 2.02. The molecule has 3 heterocycles. The zero-order valence-electron chi connectivity index (χ0n) is 11.6. The summed E-state index contributed by atoms with van der Waals surface area (Å²) in [7, 11) is 0. The van der Waals surface area contributed by atoms with Crippen LogP contribution in [-0.4, -0.2) is 42.1 Å². The van der Waals surface area contributed by atoms with Crippen LogP contribution >= 0.6 is 0 Å². The van der Waals surface area contributed by atoms with Crippen molar-refractivity contribution in [1.82, 2.24) is 9.88 Å². The van der Waals surface area contributed by atoms with Gasteiger partial charge in [0.1, 0.15) is 5.52 Å². The van der Waals surface area contributed by atoms with Crippen molar-refractivity contribution in [2.45, 2.75) is 25.3 Å². The van der Waals surface area contributed by atoms with E-state index in [1.54, 1.807) is 0 Å². The Balaban J connectivity index is 1.59. The molecule has 0 saturated carbocycles.